The summed E-state index contributed by atoms with van der Waals surface area (Å²) >= 11 is 5.84. The van der Waals surface area contributed by atoms with Crippen LogP contribution in [0.1, 0.15) is 30.1 Å². The third kappa shape index (κ3) is 2.88. The first kappa shape index (κ1) is 14.7. The van der Waals surface area contributed by atoms with Gasteiger partial charge in [-0.15, -0.1) is 0 Å². The first-order valence-corrected chi connectivity index (χ1v) is 6.80. The quantitative estimate of drug-likeness (QED) is 0.878. The van der Waals surface area contributed by atoms with Gasteiger partial charge in [0.15, 0.2) is 0 Å². The van der Waals surface area contributed by atoms with Gasteiger partial charge in [-0.3, -0.25) is 9.59 Å². The Balaban J connectivity index is 2.18. The Labute approximate surface area is 121 Å². The fourth-order valence-electron chi connectivity index (χ4n) is 2.53. The summed E-state index contributed by atoms with van der Waals surface area (Å²) in [5, 5.41) is 19.2. The highest BCUT2D eigenvalue weighted by Gasteiger charge is 2.33. The number of carbonyl (C=O) groups excluding carboxylic acids is 1. The van der Waals surface area contributed by atoms with E-state index in [4.69, 9.17) is 16.7 Å². The van der Waals surface area contributed by atoms with Crippen LogP contribution in [0.4, 0.5) is 0 Å². The second-order valence-corrected chi connectivity index (χ2v) is 5.51. The smallest absolute Gasteiger partial charge is 0.306 e. The molecule has 0 saturated carbocycles. The third-order valence-electron chi connectivity index (χ3n) is 3.68. The number of rotatable bonds is 2. The van der Waals surface area contributed by atoms with Gasteiger partial charge < -0.3 is 15.1 Å². The normalized spacial score (nSPS) is 22.6. The number of carboxylic acid groups (broad SMARTS) is 1. The van der Waals surface area contributed by atoms with E-state index in [0.29, 0.717) is 24.4 Å². The minimum atomic E-state index is -0.824. The predicted molar refractivity (Wildman–Crippen MR) is 74.0 cm³/mol. The maximum absolute atomic E-state index is 12.4. The molecule has 2 atom stereocenters. The maximum Gasteiger partial charge on any atom is 0.306 e. The van der Waals surface area contributed by atoms with Crippen LogP contribution < -0.4 is 0 Å². The van der Waals surface area contributed by atoms with Crippen molar-refractivity contribution in [3.63, 3.8) is 0 Å². The maximum atomic E-state index is 12.4. The molecular weight excluding hydrogens is 282 g/mol. The molecule has 1 aliphatic heterocycles. The molecule has 1 aromatic rings. The summed E-state index contributed by atoms with van der Waals surface area (Å²) in [5.41, 5.74) is 0.151. The molecular formula is C14H16ClNO4. The number of halogens is 1. The molecule has 1 fully saturated rings. The van der Waals surface area contributed by atoms with Gasteiger partial charge in [-0.25, -0.2) is 0 Å². The molecule has 1 saturated heterocycles. The van der Waals surface area contributed by atoms with Crippen LogP contribution in [0, 0.1) is 5.92 Å². The summed E-state index contributed by atoms with van der Waals surface area (Å²) in [6.07, 6.45) is 0.842. The number of hydrogen-bond donors (Lipinski definition) is 2. The largest absolute Gasteiger partial charge is 0.507 e. The van der Waals surface area contributed by atoms with E-state index in [-0.39, 0.29) is 23.3 Å². The highest BCUT2D eigenvalue weighted by atomic mass is 35.5. The lowest BCUT2D eigenvalue weighted by Crippen LogP contribution is -2.46. The van der Waals surface area contributed by atoms with E-state index in [1.54, 1.807) is 4.90 Å². The zero-order chi connectivity index (χ0) is 14.9. The summed E-state index contributed by atoms with van der Waals surface area (Å²) in [5.74, 6) is -1.68. The van der Waals surface area contributed by atoms with E-state index in [1.807, 2.05) is 6.92 Å². The van der Waals surface area contributed by atoms with Crippen LogP contribution in [0.25, 0.3) is 0 Å². The van der Waals surface area contributed by atoms with Crippen molar-refractivity contribution in [1.82, 2.24) is 4.90 Å². The van der Waals surface area contributed by atoms with E-state index in [1.165, 1.54) is 18.2 Å². The Morgan fingerprint density at radius 3 is 2.70 bits per heavy atom. The van der Waals surface area contributed by atoms with E-state index in [0.717, 1.165) is 0 Å². The van der Waals surface area contributed by atoms with Crippen LogP contribution in [-0.4, -0.2) is 39.6 Å². The number of likely N-dealkylation sites (tertiary alicyclic amines) is 1. The third-order valence-corrected chi connectivity index (χ3v) is 3.91. The molecule has 20 heavy (non-hydrogen) atoms. The summed E-state index contributed by atoms with van der Waals surface area (Å²) < 4.78 is 0. The van der Waals surface area contributed by atoms with Crippen molar-refractivity contribution in [2.24, 2.45) is 5.92 Å². The molecule has 2 N–H and O–H groups in total. The number of carbonyl (C=O) groups is 2. The van der Waals surface area contributed by atoms with Gasteiger partial charge in [0.05, 0.1) is 11.5 Å². The summed E-state index contributed by atoms with van der Waals surface area (Å²) in [6.45, 7) is 2.18. The number of phenols is 1. The Morgan fingerprint density at radius 2 is 2.10 bits per heavy atom. The van der Waals surface area contributed by atoms with Gasteiger partial charge in [-0.1, -0.05) is 11.6 Å². The Morgan fingerprint density at radius 1 is 1.40 bits per heavy atom. The van der Waals surface area contributed by atoms with Gasteiger partial charge >= 0.3 is 5.97 Å². The lowest BCUT2D eigenvalue weighted by atomic mass is 9.91. The van der Waals surface area contributed by atoms with E-state index in [9.17, 15) is 14.7 Å². The zero-order valence-electron chi connectivity index (χ0n) is 11.0. The second-order valence-electron chi connectivity index (χ2n) is 5.07. The molecule has 0 spiro atoms. The SMILES string of the molecule is CC1CC(C(=O)O)CCN1C(=O)c1cc(Cl)ccc1O. The molecule has 1 amide bonds. The number of benzene rings is 1. The molecule has 0 aliphatic carbocycles. The molecule has 0 radical (unpaired) electrons. The molecule has 1 aliphatic rings. The summed E-state index contributed by atoms with van der Waals surface area (Å²) in [4.78, 5) is 25.0. The lowest BCUT2D eigenvalue weighted by molar-refractivity contribution is -0.143. The highest BCUT2D eigenvalue weighted by Crippen LogP contribution is 2.28. The molecule has 6 heteroatoms. The average molecular weight is 298 g/mol. The summed E-state index contributed by atoms with van der Waals surface area (Å²) in [6, 6.07) is 4.13. The van der Waals surface area contributed by atoms with Crippen molar-refractivity contribution in [2.75, 3.05) is 6.54 Å². The van der Waals surface area contributed by atoms with Gasteiger partial charge in [0.2, 0.25) is 0 Å². The number of piperidine rings is 1. The van der Waals surface area contributed by atoms with Gasteiger partial charge in [0.1, 0.15) is 5.75 Å². The van der Waals surface area contributed by atoms with Crippen molar-refractivity contribution >= 4 is 23.5 Å². The minimum Gasteiger partial charge on any atom is -0.507 e. The first-order chi connectivity index (χ1) is 9.40. The van der Waals surface area contributed by atoms with Crippen LogP contribution >= 0.6 is 11.6 Å². The van der Waals surface area contributed by atoms with E-state index in [2.05, 4.69) is 0 Å². The molecule has 5 nitrogen and oxygen atoms in total. The Bertz CT molecular complexity index is 546. The van der Waals surface area contributed by atoms with Crippen LogP contribution in [0.15, 0.2) is 18.2 Å². The number of amides is 1. The monoisotopic (exact) mass is 297 g/mol. The van der Waals surface area contributed by atoms with Gasteiger partial charge in [0, 0.05) is 17.6 Å². The number of carboxylic acids is 1. The Kier molecular flexibility index (Phi) is 4.18. The predicted octanol–water partition coefficient (Wildman–Crippen LogP) is 2.37. The number of phenolic OH excluding ortho intramolecular Hbond substituents is 1. The van der Waals surface area contributed by atoms with E-state index >= 15 is 0 Å². The standard InChI is InChI=1S/C14H16ClNO4/c1-8-6-9(14(19)20)4-5-16(8)13(18)11-7-10(15)2-3-12(11)17/h2-3,7-9,17H,4-6H2,1H3,(H,19,20). The molecule has 2 rings (SSSR count). The van der Waals surface area contributed by atoms with Crippen molar-refractivity contribution in [1.29, 1.82) is 0 Å². The van der Waals surface area contributed by atoms with E-state index < -0.39 is 11.9 Å². The van der Waals surface area contributed by atoms with Crippen LogP contribution in [-0.2, 0) is 4.79 Å². The second kappa shape index (κ2) is 5.71. The number of aliphatic carboxylic acids is 1. The molecule has 1 aromatic carbocycles. The van der Waals surface area contributed by atoms with Gasteiger partial charge in [-0.2, -0.15) is 0 Å². The fourth-order valence-corrected chi connectivity index (χ4v) is 2.70. The van der Waals surface area contributed by atoms with Gasteiger partial charge in [-0.05, 0) is 38.0 Å². The lowest BCUT2D eigenvalue weighted by Gasteiger charge is -2.36. The highest BCUT2D eigenvalue weighted by molar-refractivity contribution is 6.31. The fraction of sp³-hybridized carbons (Fsp3) is 0.429. The van der Waals surface area contributed by atoms with Crippen molar-refractivity contribution in [2.45, 2.75) is 25.8 Å². The topological polar surface area (TPSA) is 77.8 Å². The molecule has 0 aromatic heterocycles. The van der Waals surface area contributed by atoms with Crippen LogP contribution in [0.3, 0.4) is 0 Å². The zero-order valence-corrected chi connectivity index (χ0v) is 11.8. The van der Waals surface area contributed by atoms with Crippen molar-refractivity contribution in [3.05, 3.63) is 28.8 Å². The van der Waals surface area contributed by atoms with Crippen molar-refractivity contribution in [3.8, 4) is 5.75 Å². The van der Waals surface area contributed by atoms with Crippen LogP contribution in [0.5, 0.6) is 5.75 Å². The van der Waals surface area contributed by atoms with Crippen LogP contribution in [0.2, 0.25) is 5.02 Å². The average Bonchev–Trinajstić information content (AvgIpc) is 2.40. The molecule has 0 bridgehead atoms. The molecule has 2 unspecified atom stereocenters. The first-order valence-electron chi connectivity index (χ1n) is 6.42. The Hall–Kier alpha value is -1.75. The molecule has 108 valence electrons. The number of hydrogen-bond acceptors (Lipinski definition) is 3. The number of aromatic hydroxyl groups is 1. The van der Waals surface area contributed by atoms with Crippen molar-refractivity contribution < 1.29 is 19.8 Å². The minimum absolute atomic E-state index is 0.119. The molecule has 1 heterocycles. The number of nitrogens with zero attached hydrogens (tertiary/aromatic N) is 1. The van der Waals surface area contributed by atoms with Gasteiger partial charge in [0.25, 0.3) is 5.91 Å². The summed E-state index contributed by atoms with van der Waals surface area (Å²) in [7, 11) is 0.